The molecule has 4 amide bonds. The molecule has 0 spiro atoms. The number of guanidine groups is 1. The maximum Gasteiger partial charge on any atom is 0.410 e. The van der Waals surface area contributed by atoms with E-state index in [1.165, 1.54) is 4.90 Å². The smallest absolute Gasteiger partial charge is 0.410 e. The minimum atomic E-state index is -1.23. The van der Waals surface area contributed by atoms with E-state index in [0.717, 1.165) is 42.6 Å². The number of ether oxygens (including phenoxy) is 1. The Morgan fingerprint density at radius 3 is 2.34 bits per heavy atom. The van der Waals surface area contributed by atoms with Gasteiger partial charge in [0, 0.05) is 19.5 Å². The third kappa shape index (κ3) is 11.6. The van der Waals surface area contributed by atoms with E-state index in [0.29, 0.717) is 38.5 Å². The molecule has 1 aromatic rings. The first-order chi connectivity index (χ1) is 22.3. The molecule has 0 bridgehead atoms. The van der Waals surface area contributed by atoms with Crippen LogP contribution in [0, 0.1) is 5.92 Å². The molecule has 13 heteroatoms. The summed E-state index contributed by atoms with van der Waals surface area (Å²) < 4.78 is 5.53. The van der Waals surface area contributed by atoms with Gasteiger partial charge in [0.1, 0.15) is 24.0 Å². The molecule has 47 heavy (non-hydrogen) atoms. The molecule has 1 saturated heterocycles. The van der Waals surface area contributed by atoms with E-state index in [4.69, 9.17) is 21.9 Å². The number of amides is 4. The lowest BCUT2D eigenvalue weighted by molar-refractivity contribution is -0.153. The van der Waals surface area contributed by atoms with Crippen LogP contribution in [-0.2, 0) is 30.3 Å². The van der Waals surface area contributed by atoms with Crippen LogP contribution in [0.4, 0.5) is 4.79 Å². The van der Waals surface area contributed by atoms with Crippen molar-refractivity contribution in [3.05, 3.63) is 35.9 Å². The molecule has 1 saturated carbocycles. The Morgan fingerprint density at radius 1 is 1.04 bits per heavy atom. The highest BCUT2D eigenvalue weighted by atomic mass is 16.6. The van der Waals surface area contributed by atoms with E-state index in [9.17, 15) is 24.0 Å². The molecule has 4 atom stereocenters. The number of hydrogen-bond acceptors (Lipinski definition) is 8. The van der Waals surface area contributed by atoms with E-state index in [1.807, 2.05) is 18.2 Å². The number of nitrogens with two attached hydrogens (primary N) is 3. The first kappa shape index (κ1) is 37.5. The fourth-order valence-corrected chi connectivity index (χ4v) is 6.33. The second-order valence-corrected chi connectivity index (χ2v) is 13.6. The number of carbonyl (C=O) groups is 5. The second kappa shape index (κ2) is 17.8. The summed E-state index contributed by atoms with van der Waals surface area (Å²) in [5.74, 6) is -1.81. The summed E-state index contributed by atoms with van der Waals surface area (Å²) in [6.07, 6.45) is 6.93. The Balaban J connectivity index is 1.92. The maximum absolute atomic E-state index is 14.5. The van der Waals surface area contributed by atoms with E-state index >= 15 is 0 Å². The minimum Gasteiger partial charge on any atom is -0.444 e. The van der Waals surface area contributed by atoms with Gasteiger partial charge in [-0.1, -0.05) is 62.4 Å². The van der Waals surface area contributed by atoms with Gasteiger partial charge < -0.3 is 32.0 Å². The predicted octanol–water partition coefficient (Wildman–Crippen LogP) is 2.39. The van der Waals surface area contributed by atoms with Crippen LogP contribution in [0.15, 0.2) is 35.3 Å². The summed E-state index contributed by atoms with van der Waals surface area (Å²) in [5, 5.41) is 2.83. The number of carbonyl (C=O) groups excluding carboxylic acids is 5. The number of nitrogens with zero attached hydrogens (tertiary/aromatic N) is 3. The highest BCUT2D eigenvalue weighted by Crippen LogP contribution is 2.28. The summed E-state index contributed by atoms with van der Waals surface area (Å²) in [4.78, 5) is 74.0. The monoisotopic (exact) mass is 655 g/mol. The Morgan fingerprint density at radius 2 is 1.72 bits per heavy atom. The molecule has 1 aliphatic heterocycles. The number of aldehydes is 1. The quantitative estimate of drug-likeness (QED) is 0.100. The lowest BCUT2D eigenvalue weighted by atomic mass is 9.84. The van der Waals surface area contributed by atoms with Gasteiger partial charge in [-0.25, -0.2) is 4.79 Å². The van der Waals surface area contributed by atoms with Crippen LogP contribution in [0.3, 0.4) is 0 Å². The zero-order valence-electron chi connectivity index (χ0n) is 28.1. The number of benzene rings is 1. The van der Waals surface area contributed by atoms with Gasteiger partial charge in [0.15, 0.2) is 5.96 Å². The van der Waals surface area contributed by atoms with Crippen molar-refractivity contribution >= 4 is 36.1 Å². The standard InChI is InChI=1S/C34H53N7O6/c1-34(2,3)47-33(46)40-19-11-17-28(40)29(43)39-27(21-24-14-8-5-9-15-24)31(45)41(25(22-42)16-10-18-38-32(36)37)30(44)26(35)20-23-12-6-4-7-13-23/h5,8-9,14-15,22-23,25-28H,4,6-7,10-13,16-21,35H2,1-3H3,(H,39,43)(H4,36,37,38)/t25-,26+,27-,28-/m0/s1. The molecule has 1 aromatic carbocycles. The Bertz CT molecular complexity index is 1240. The summed E-state index contributed by atoms with van der Waals surface area (Å²) in [6, 6.07) is 4.81. The van der Waals surface area contributed by atoms with Gasteiger partial charge >= 0.3 is 6.09 Å². The Hall–Kier alpha value is -4.00. The fourth-order valence-electron chi connectivity index (χ4n) is 6.33. The van der Waals surface area contributed by atoms with Crippen molar-refractivity contribution in [2.24, 2.45) is 28.1 Å². The lowest BCUT2D eigenvalue weighted by Crippen LogP contribution is -2.60. The topological polar surface area (TPSA) is 204 Å². The van der Waals surface area contributed by atoms with Crippen molar-refractivity contribution in [1.82, 2.24) is 15.1 Å². The van der Waals surface area contributed by atoms with Crippen LogP contribution in [0.1, 0.15) is 90.5 Å². The number of imide groups is 1. The van der Waals surface area contributed by atoms with Crippen LogP contribution in [0.2, 0.25) is 0 Å². The molecule has 7 N–H and O–H groups in total. The van der Waals surface area contributed by atoms with E-state index in [-0.39, 0.29) is 31.3 Å². The summed E-state index contributed by atoms with van der Waals surface area (Å²) in [7, 11) is 0. The molecular weight excluding hydrogens is 602 g/mol. The van der Waals surface area contributed by atoms with Gasteiger partial charge in [-0.15, -0.1) is 0 Å². The highest BCUT2D eigenvalue weighted by Gasteiger charge is 2.41. The largest absolute Gasteiger partial charge is 0.444 e. The zero-order valence-corrected chi connectivity index (χ0v) is 28.1. The molecule has 1 heterocycles. The average Bonchev–Trinajstić information content (AvgIpc) is 3.52. The first-order valence-electron chi connectivity index (χ1n) is 16.8. The third-order valence-electron chi connectivity index (χ3n) is 8.63. The van der Waals surface area contributed by atoms with E-state index in [2.05, 4.69) is 10.3 Å². The number of aliphatic imine (C=N–C) groups is 1. The van der Waals surface area contributed by atoms with Crippen LogP contribution in [0.5, 0.6) is 0 Å². The second-order valence-electron chi connectivity index (χ2n) is 13.6. The molecule has 1 aliphatic carbocycles. The van der Waals surface area contributed by atoms with Crippen molar-refractivity contribution in [3.63, 3.8) is 0 Å². The molecule has 0 radical (unpaired) electrons. The highest BCUT2D eigenvalue weighted by molar-refractivity contribution is 6.03. The van der Waals surface area contributed by atoms with Crippen molar-refractivity contribution in [3.8, 4) is 0 Å². The molecular formula is C34H53N7O6. The van der Waals surface area contributed by atoms with Crippen molar-refractivity contribution in [2.45, 2.75) is 121 Å². The molecule has 13 nitrogen and oxygen atoms in total. The zero-order chi connectivity index (χ0) is 34.6. The third-order valence-corrected chi connectivity index (χ3v) is 8.63. The number of nitrogens with one attached hydrogen (secondary N) is 1. The summed E-state index contributed by atoms with van der Waals surface area (Å²) >= 11 is 0. The Labute approximate surface area is 278 Å². The molecule has 0 unspecified atom stereocenters. The average molecular weight is 656 g/mol. The van der Waals surface area contributed by atoms with Crippen molar-refractivity contribution in [2.75, 3.05) is 13.1 Å². The SMILES string of the molecule is CC(C)(C)OC(=O)N1CCC[C@H]1C(=O)N[C@@H](Cc1ccccc1)C(=O)N(C(=O)[C@H](N)CC1CCCCC1)[C@H](C=O)CCCN=C(N)N. The van der Waals surface area contributed by atoms with Crippen LogP contribution in [0.25, 0.3) is 0 Å². The molecule has 2 aliphatic rings. The Kier molecular flexibility index (Phi) is 14.2. The van der Waals surface area contributed by atoms with Crippen molar-refractivity contribution < 1.29 is 28.7 Å². The van der Waals surface area contributed by atoms with Crippen LogP contribution in [-0.4, -0.2) is 88.7 Å². The van der Waals surface area contributed by atoms with Gasteiger partial charge in [0.05, 0.1) is 12.1 Å². The molecule has 260 valence electrons. The minimum absolute atomic E-state index is 0.0474. The fraction of sp³-hybridized carbons (Fsp3) is 0.647. The number of likely N-dealkylation sites (tertiary alicyclic amines) is 1. The molecule has 0 aromatic heterocycles. The van der Waals surface area contributed by atoms with Crippen LogP contribution < -0.4 is 22.5 Å². The van der Waals surface area contributed by atoms with Gasteiger partial charge in [-0.05, 0) is 64.4 Å². The van der Waals surface area contributed by atoms with E-state index in [1.54, 1.807) is 32.9 Å². The van der Waals surface area contributed by atoms with Crippen LogP contribution >= 0.6 is 0 Å². The van der Waals surface area contributed by atoms with Gasteiger partial charge in [-0.2, -0.15) is 0 Å². The first-order valence-corrected chi connectivity index (χ1v) is 16.8. The maximum atomic E-state index is 14.5. The number of hydrogen-bond donors (Lipinski definition) is 4. The van der Waals surface area contributed by atoms with Gasteiger partial charge in [-0.3, -0.25) is 29.2 Å². The van der Waals surface area contributed by atoms with E-state index < -0.39 is 53.6 Å². The normalized spacial score (nSPS) is 18.8. The molecule has 2 fully saturated rings. The number of rotatable bonds is 14. The predicted molar refractivity (Wildman–Crippen MR) is 179 cm³/mol. The summed E-state index contributed by atoms with van der Waals surface area (Å²) in [5.41, 5.74) is 17.3. The lowest BCUT2D eigenvalue weighted by Gasteiger charge is -2.34. The van der Waals surface area contributed by atoms with Gasteiger partial charge in [0.2, 0.25) is 11.8 Å². The molecule has 3 rings (SSSR count). The summed E-state index contributed by atoms with van der Waals surface area (Å²) in [6.45, 7) is 5.76. The van der Waals surface area contributed by atoms with Crippen molar-refractivity contribution in [1.29, 1.82) is 0 Å². The van der Waals surface area contributed by atoms with Gasteiger partial charge in [0.25, 0.3) is 5.91 Å².